The van der Waals surface area contributed by atoms with Crippen molar-refractivity contribution in [3.8, 4) is 11.3 Å². The van der Waals surface area contributed by atoms with Gasteiger partial charge in [-0.2, -0.15) is 0 Å². The molecule has 1 amide bonds. The van der Waals surface area contributed by atoms with Gasteiger partial charge < -0.3 is 9.73 Å². The minimum absolute atomic E-state index is 0.0379. The normalized spacial score (nSPS) is 17.8. The Labute approximate surface area is 184 Å². The fourth-order valence-corrected chi connectivity index (χ4v) is 6.40. The summed E-state index contributed by atoms with van der Waals surface area (Å²) in [5.74, 6) is -1.17. The average Bonchev–Trinajstić information content (AvgIpc) is 3.35. The van der Waals surface area contributed by atoms with Gasteiger partial charge in [-0.3, -0.25) is 4.79 Å². The van der Waals surface area contributed by atoms with Crippen LogP contribution in [0.4, 0.5) is 10.1 Å². The van der Waals surface area contributed by atoms with E-state index in [2.05, 4.69) is 10.0 Å². The molecule has 1 atom stereocenters. The van der Waals surface area contributed by atoms with E-state index < -0.39 is 37.6 Å². The van der Waals surface area contributed by atoms with Crippen molar-refractivity contribution in [1.29, 1.82) is 0 Å². The number of sulfonamides is 1. The number of halogens is 1. The molecule has 11 heteroatoms. The molecule has 168 valence electrons. The Morgan fingerprint density at radius 3 is 2.41 bits per heavy atom. The maximum atomic E-state index is 13.9. The maximum Gasteiger partial charge on any atom is 0.291 e. The third-order valence-corrected chi connectivity index (χ3v) is 8.25. The molecule has 8 nitrogen and oxygen atoms in total. The largest absolute Gasteiger partial charge is 0.451 e. The summed E-state index contributed by atoms with van der Waals surface area (Å²) in [6.45, 7) is 0. The monoisotopic (exact) mass is 478 g/mol. The molecule has 1 saturated heterocycles. The average molecular weight is 479 g/mol. The highest BCUT2D eigenvalue weighted by molar-refractivity contribution is 7.92. The van der Waals surface area contributed by atoms with Crippen LogP contribution in [0.25, 0.3) is 11.3 Å². The van der Waals surface area contributed by atoms with E-state index in [0.29, 0.717) is 5.69 Å². The van der Waals surface area contributed by atoms with Crippen LogP contribution in [0.1, 0.15) is 17.0 Å². The van der Waals surface area contributed by atoms with Gasteiger partial charge in [0, 0.05) is 11.7 Å². The lowest BCUT2D eigenvalue weighted by Crippen LogP contribution is -2.35. The number of sulfone groups is 1. The van der Waals surface area contributed by atoms with Crippen LogP contribution in [0.2, 0.25) is 0 Å². The van der Waals surface area contributed by atoms with Gasteiger partial charge >= 0.3 is 0 Å². The maximum absolute atomic E-state index is 13.9. The quantitative estimate of drug-likeness (QED) is 0.562. The molecule has 1 aliphatic rings. The van der Waals surface area contributed by atoms with Gasteiger partial charge in [-0.1, -0.05) is 12.1 Å². The Morgan fingerprint density at radius 2 is 1.75 bits per heavy atom. The molecular weight excluding hydrogens is 459 g/mol. The molecule has 1 unspecified atom stereocenters. The Morgan fingerprint density at radius 1 is 1.03 bits per heavy atom. The zero-order chi connectivity index (χ0) is 22.9. The summed E-state index contributed by atoms with van der Waals surface area (Å²) >= 11 is 0. The highest BCUT2D eigenvalue weighted by Crippen LogP contribution is 2.25. The third kappa shape index (κ3) is 4.90. The Bertz CT molecular complexity index is 1370. The number of benzene rings is 2. The number of carbonyl (C=O) groups is 1. The lowest BCUT2D eigenvalue weighted by molar-refractivity contribution is 0.0997. The molecule has 2 heterocycles. The first kappa shape index (κ1) is 22.2. The third-order valence-electron chi connectivity index (χ3n) is 4.95. The molecule has 0 bridgehead atoms. The molecular formula is C21H19FN2O6S2. The highest BCUT2D eigenvalue weighted by atomic mass is 32.2. The second kappa shape index (κ2) is 8.49. The molecule has 0 saturated carbocycles. The van der Waals surface area contributed by atoms with Crippen molar-refractivity contribution in [2.75, 3.05) is 16.8 Å². The predicted molar refractivity (Wildman–Crippen MR) is 116 cm³/mol. The zero-order valence-electron chi connectivity index (χ0n) is 16.6. The van der Waals surface area contributed by atoms with E-state index in [0.717, 1.165) is 0 Å². The van der Waals surface area contributed by atoms with Crippen LogP contribution < -0.4 is 10.0 Å². The van der Waals surface area contributed by atoms with Crippen molar-refractivity contribution in [2.24, 2.45) is 0 Å². The molecule has 32 heavy (non-hydrogen) atoms. The second-order valence-electron chi connectivity index (χ2n) is 7.34. The Kier molecular flexibility index (Phi) is 5.89. The van der Waals surface area contributed by atoms with Crippen molar-refractivity contribution in [3.05, 3.63) is 72.2 Å². The van der Waals surface area contributed by atoms with Crippen LogP contribution in [0, 0.1) is 5.82 Å². The first-order valence-corrected chi connectivity index (χ1v) is 12.9. The summed E-state index contributed by atoms with van der Waals surface area (Å²) in [5.41, 5.74) is 0.546. The number of anilines is 1. The number of furan rings is 1. The summed E-state index contributed by atoms with van der Waals surface area (Å²) in [6.07, 6.45) is 0.230. The van der Waals surface area contributed by atoms with E-state index in [1.807, 2.05) is 0 Å². The van der Waals surface area contributed by atoms with Gasteiger partial charge in [0.05, 0.1) is 22.0 Å². The van der Waals surface area contributed by atoms with Crippen LogP contribution in [-0.4, -0.2) is 40.3 Å². The molecule has 1 fully saturated rings. The SMILES string of the molecule is O=C(Nc1ccc(S(=O)(=O)NC2CCS(=O)(=O)C2)cc1)c1ccc(-c2ccccc2F)o1. The summed E-state index contributed by atoms with van der Waals surface area (Å²) in [7, 11) is -7.12. The molecule has 1 aliphatic heterocycles. The van der Waals surface area contributed by atoms with Crippen molar-refractivity contribution < 1.29 is 30.4 Å². The Hall–Kier alpha value is -3.02. The number of amides is 1. The van der Waals surface area contributed by atoms with Crippen LogP contribution >= 0.6 is 0 Å². The number of carbonyl (C=O) groups excluding carboxylic acids is 1. The summed E-state index contributed by atoms with van der Waals surface area (Å²) in [5, 5.41) is 2.58. The van der Waals surface area contributed by atoms with Gasteiger partial charge in [-0.15, -0.1) is 0 Å². The number of hydrogen-bond donors (Lipinski definition) is 2. The summed E-state index contributed by atoms with van der Waals surface area (Å²) in [6, 6.07) is 13.7. The summed E-state index contributed by atoms with van der Waals surface area (Å²) < 4.78 is 69.7. The molecule has 4 rings (SSSR count). The minimum atomic E-state index is -3.90. The van der Waals surface area contributed by atoms with Gasteiger partial charge in [-0.25, -0.2) is 25.9 Å². The lowest BCUT2D eigenvalue weighted by atomic mass is 10.1. The van der Waals surface area contributed by atoms with Crippen LogP contribution in [0.3, 0.4) is 0 Å². The van der Waals surface area contributed by atoms with E-state index in [1.165, 1.54) is 48.5 Å². The minimum Gasteiger partial charge on any atom is -0.451 e. The van der Waals surface area contributed by atoms with E-state index in [4.69, 9.17) is 4.42 Å². The molecule has 2 N–H and O–H groups in total. The van der Waals surface area contributed by atoms with E-state index in [1.54, 1.807) is 12.1 Å². The van der Waals surface area contributed by atoms with Crippen LogP contribution in [-0.2, 0) is 19.9 Å². The molecule has 0 spiro atoms. The standard InChI is InChI=1S/C21H19FN2O6S2/c22-18-4-2-1-3-17(18)19-9-10-20(30-19)21(25)23-14-5-7-16(8-6-14)32(28,29)24-15-11-12-31(26,27)13-15/h1-10,15,24H,11-13H2,(H,23,25). The molecule has 1 aromatic heterocycles. The van der Waals surface area contributed by atoms with Gasteiger partial charge in [0.1, 0.15) is 11.6 Å². The zero-order valence-corrected chi connectivity index (χ0v) is 18.2. The van der Waals surface area contributed by atoms with E-state index >= 15 is 0 Å². The van der Waals surface area contributed by atoms with Crippen molar-refractivity contribution in [2.45, 2.75) is 17.4 Å². The van der Waals surface area contributed by atoms with Crippen LogP contribution in [0.5, 0.6) is 0 Å². The Balaban J connectivity index is 1.43. The highest BCUT2D eigenvalue weighted by Gasteiger charge is 2.31. The first-order valence-electron chi connectivity index (χ1n) is 9.62. The molecule has 0 aliphatic carbocycles. The number of rotatable bonds is 6. The number of nitrogens with one attached hydrogen (secondary N) is 2. The predicted octanol–water partition coefficient (Wildman–Crippen LogP) is 2.80. The van der Waals surface area contributed by atoms with Crippen molar-refractivity contribution in [1.82, 2.24) is 4.72 Å². The fraction of sp³-hybridized carbons (Fsp3) is 0.190. The fourth-order valence-electron chi connectivity index (χ4n) is 3.35. The molecule has 3 aromatic rings. The topological polar surface area (TPSA) is 123 Å². The molecule has 0 radical (unpaired) electrons. The van der Waals surface area contributed by atoms with E-state index in [9.17, 15) is 26.0 Å². The van der Waals surface area contributed by atoms with Gasteiger partial charge in [0.2, 0.25) is 10.0 Å². The first-order chi connectivity index (χ1) is 15.1. The van der Waals surface area contributed by atoms with Crippen molar-refractivity contribution in [3.63, 3.8) is 0 Å². The van der Waals surface area contributed by atoms with Crippen LogP contribution in [0.15, 0.2) is 70.0 Å². The number of hydrogen-bond acceptors (Lipinski definition) is 6. The van der Waals surface area contributed by atoms with E-state index in [-0.39, 0.29) is 39.9 Å². The lowest BCUT2D eigenvalue weighted by Gasteiger charge is -2.12. The second-order valence-corrected chi connectivity index (χ2v) is 11.3. The van der Waals surface area contributed by atoms with Gasteiger partial charge in [-0.05, 0) is 55.0 Å². The van der Waals surface area contributed by atoms with Gasteiger partial charge in [0.25, 0.3) is 5.91 Å². The van der Waals surface area contributed by atoms with Gasteiger partial charge in [0.15, 0.2) is 15.6 Å². The smallest absolute Gasteiger partial charge is 0.291 e. The molecule has 2 aromatic carbocycles. The summed E-state index contributed by atoms with van der Waals surface area (Å²) in [4.78, 5) is 12.4. The van der Waals surface area contributed by atoms with Crippen molar-refractivity contribution >= 4 is 31.5 Å².